The van der Waals surface area contributed by atoms with Crippen LogP contribution in [0.3, 0.4) is 0 Å². The molecular weight excluding hydrogens is 502 g/mol. The van der Waals surface area contributed by atoms with E-state index < -0.39 is 17.6 Å². The van der Waals surface area contributed by atoms with Gasteiger partial charge >= 0.3 is 6.18 Å². The molecular formula is C28H25F4N3O3. The molecule has 1 amide bonds. The number of ether oxygens (including phenoxy) is 1. The van der Waals surface area contributed by atoms with Crippen LogP contribution in [-0.4, -0.2) is 22.7 Å². The third-order valence-corrected chi connectivity index (χ3v) is 6.23. The van der Waals surface area contributed by atoms with Crippen molar-refractivity contribution in [2.75, 3.05) is 10.6 Å². The normalized spacial score (nSPS) is 15.2. The van der Waals surface area contributed by atoms with Gasteiger partial charge in [0.1, 0.15) is 17.4 Å². The van der Waals surface area contributed by atoms with Crippen LogP contribution < -0.4 is 15.4 Å². The molecule has 0 radical (unpaired) electrons. The van der Waals surface area contributed by atoms with Crippen LogP contribution >= 0.6 is 0 Å². The summed E-state index contributed by atoms with van der Waals surface area (Å²) >= 11 is 0. The topological polar surface area (TPSA) is 80.3 Å². The lowest BCUT2D eigenvalue weighted by Crippen LogP contribution is -2.14. The molecule has 2 aliphatic rings. The van der Waals surface area contributed by atoms with Crippen molar-refractivity contribution >= 4 is 23.2 Å². The Morgan fingerprint density at radius 1 is 0.947 bits per heavy atom. The molecule has 2 fully saturated rings. The van der Waals surface area contributed by atoms with Crippen LogP contribution in [0, 0.1) is 11.7 Å². The van der Waals surface area contributed by atoms with E-state index in [9.17, 15) is 27.2 Å². The first kappa shape index (κ1) is 25.7. The lowest BCUT2D eigenvalue weighted by Gasteiger charge is -2.13. The second-order valence-electron chi connectivity index (χ2n) is 9.73. The molecule has 10 heteroatoms. The molecule has 0 atom stereocenters. The molecule has 2 aliphatic carbocycles. The fourth-order valence-electron chi connectivity index (χ4n) is 4.00. The zero-order chi connectivity index (χ0) is 26.9. The SMILES string of the molecule is O=C(Cc1cc(NC2CC2)cc(C(F)(F)F)c1)Cc1ccc(Oc2ccnc(NC(=O)C3CC3)c2)c(F)c1. The Hall–Kier alpha value is -3.95. The number of nitrogens with one attached hydrogen (secondary N) is 2. The molecule has 1 heterocycles. The van der Waals surface area contributed by atoms with Gasteiger partial charge < -0.3 is 15.4 Å². The highest BCUT2D eigenvalue weighted by Gasteiger charge is 2.32. The van der Waals surface area contributed by atoms with Gasteiger partial charge in [0.05, 0.1) is 5.56 Å². The van der Waals surface area contributed by atoms with Crippen LogP contribution in [0.5, 0.6) is 11.5 Å². The van der Waals surface area contributed by atoms with Gasteiger partial charge in [0.25, 0.3) is 0 Å². The van der Waals surface area contributed by atoms with E-state index in [2.05, 4.69) is 15.6 Å². The summed E-state index contributed by atoms with van der Waals surface area (Å²) in [6.07, 6.45) is 0.0328. The number of carbonyl (C=O) groups is 2. The number of carbonyl (C=O) groups excluding carboxylic acids is 2. The van der Waals surface area contributed by atoms with Gasteiger partial charge in [0, 0.05) is 42.8 Å². The number of rotatable bonds is 10. The number of aromatic nitrogens is 1. The highest BCUT2D eigenvalue weighted by molar-refractivity contribution is 5.93. The van der Waals surface area contributed by atoms with Crippen molar-refractivity contribution in [1.82, 2.24) is 4.98 Å². The Labute approximate surface area is 216 Å². The largest absolute Gasteiger partial charge is 0.454 e. The van der Waals surface area contributed by atoms with Crippen LogP contribution in [0.2, 0.25) is 0 Å². The summed E-state index contributed by atoms with van der Waals surface area (Å²) in [4.78, 5) is 28.7. The number of nitrogens with zero attached hydrogens (tertiary/aromatic N) is 1. The summed E-state index contributed by atoms with van der Waals surface area (Å²) in [5.74, 6) is -0.674. The average Bonchev–Trinajstić information content (AvgIpc) is 3.75. The van der Waals surface area contributed by atoms with Gasteiger partial charge in [0.15, 0.2) is 11.6 Å². The van der Waals surface area contributed by atoms with E-state index in [1.165, 1.54) is 30.5 Å². The second kappa shape index (κ2) is 10.4. The molecule has 198 valence electrons. The van der Waals surface area contributed by atoms with Crippen LogP contribution in [0.25, 0.3) is 0 Å². The molecule has 2 saturated carbocycles. The number of Topliss-reactive ketones (excluding diaryl/α,β-unsaturated/α-hetero) is 1. The summed E-state index contributed by atoms with van der Waals surface area (Å²) in [6, 6.07) is 10.8. The first-order chi connectivity index (χ1) is 18.1. The Balaban J connectivity index is 1.22. The predicted octanol–water partition coefficient (Wildman–Crippen LogP) is 6.31. The van der Waals surface area contributed by atoms with Crippen LogP contribution in [0.15, 0.2) is 54.7 Å². The van der Waals surface area contributed by atoms with Crippen molar-refractivity contribution in [1.29, 1.82) is 0 Å². The summed E-state index contributed by atoms with van der Waals surface area (Å²) in [7, 11) is 0. The number of halogens is 4. The highest BCUT2D eigenvalue weighted by Crippen LogP contribution is 2.34. The Bertz CT molecular complexity index is 1370. The molecule has 6 nitrogen and oxygen atoms in total. The van der Waals surface area contributed by atoms with Crippen LogP contribution in [0.1, 0.15) is 42.4 Å². The number of ketones is 1. The molecule has 1 aromatic heterocycles. The summed E-state index contributed by atoms with van der Waals surface area (Å²) in [5.41, 5.74) is 0.139. The smallest absolute Gasteiger partial charge is 0.416 e. The lowest BCUT2D eigenvalue weighted by molar-refractivity contribution is -0.137. The molecule has 0 unspecified atom stereocenters. The maximum absolute atomic E-state index is 14.7. The zero-order valence-electron chi connectivity index (χ0n) is 20.3. The van der Waals surface area contributed by atoms with Crippen LogP contribution in [0.4, 0.5) is 29.1 Å². The first-order valence-corrected chi connectivity index (χ1v) is 12.3. The average molecular weight is 528 g/mol. The number of anilines is 2. The van der Waals surface area contributed by atoms with Gasteiger partial charge in [-0.25, -0.2) is 9.37 Å². The molecule has 3 aromatic rings. The minimum Gasteiger partial charge on any atom is -0.454 e. The lowest BCUT2D eigenvalue weighted by atomic mass is 10.00. The van der Waals surface area contributed by atoms with Crippen molar-refractivity contribution in [3.63, 3.8) is 0 Å². The van der Waals surface area contributed by atoms with E-state index in [1.54, 1.807) is 6.07 Å². The predicted molar refractivity (Wildman–Crippen MR) is 133 cm³/mol. The fourth-order valence-corrected chi connectivity index (χ4v) is 4.00. The Morgan fingerprint density at radius 3 is 2.39 bits per heavy atom. The van der Waals surface area contributed by atoms with E-state index >= 15 is 0 Å². The minimum atomic E-state index is -4.53. The quantitative estimate of drug-likeness (QED) is 0.302. The Morgan fingerprint density at radius 2 is 1.71 bits per heavy atom. The minimum absolute atomic E-state index is 0.00381. The van der Waals surface area contributed by atoms with E-state index in [-0.39, 0.29) is 53.6 Å². The molecule has 5 rings (SSSR count). The Kier molecular flexibility index (Phi) is 7.05. The number of hydrogen-bond acceptors (Lipinski definition) is 5. The molecule has 0 bridgehead atoms. The molecule has 0 aliphatic heterocycles. The molecule has 0 spiro atoms. The standard InChI is InChI=1S/C28H25F4N3O3/c29-24-13-16(1-6-25(24)38-23-7-8-33-26(15-23)35-27(37)18-2-3-18)11-22(36)12-17-9-19(28(30,31)32)14-21(10-17)34-20-4-5-20/h1,6-10,13-15,18,20,34H,2-5,11-12H2,(H,33,35,37). The van der Waals surface area contributed by atoms with Gasteiger partial charge in [0.2, 0.25) is 5.91 Å². The monoisotopic (exact) mass is 527 g/mol. The summed E-state index contributed by atoms with van der Waals surface area (Å²) in [6.45, 7) is 0. The van der Waals surface area contributed by atoms with Crippen molar-refractivity contribution in [2.45, 2.75) is 50.7 Å². The van der Waals surface area contributed by atoms with Gasteiger partial charge in [-0.3, -0.25) is 9.59 Å². The second-order valence-corrected chi connectivity index (χ2v) is 9.73. The fraction of sp³-hybridized carbons (Fsp3) is 0.321. The molecule has 2 N–H and O–H groups in total. The third kappa shape index (κ3) is 6.87. The van der Waals surface area contributed by atoms with Crippen LogP contribution in [-0.2, 0) is 28.6 Å². The number of benzene rings is 2. The number of amides is 1. The first-order valence-electron chi connectivity index (χ1n) is 12.3. The van der Waals surface area contributed by atoms with Crippen molar-refractivity contribution in [2.24, 2.45) is 5.92 Å². The maximum Gasteiger partial charge on any atom is 0.416 e. The molecule has 0 saturated heterocycles. The van der Waals surface area contributed by atoms with E-state index in [4.69, 9.17) is 4.74 Å². The van der Waals surface area contributed by atoms with Crippen molar-refractivity contribution in [3.05, 3.63) is 77.2 Å². The van der Waals surface area contributed by atoms with Gasteiger partial charge in [-0.05, 0) is 73.2 Å². The summed E-state index contributed by atoms with van der Waals surface area (Å²) in [5, 5.41) is 5.74. The van der Waals surface area contributed by atoms with Crippen molar-refractivity contribution < 1.29 is 31.9 Å². The highest BCUT2D eigenvalue weighted by atomic mass is 19.4. The number of alkyl halides is 3. The van der Waals surface area contributed by atoms with Gasteiger partial charge in [-0.1, -0.05) is 6.07 Å². The molecule has 2 aromatic carbocycles. The summed E-state index contributed by atoms with van der Waals surface area (Å²) < 4.78 is 60.4. The molecule has 38 heavy (non-hydrogen) atoms. The van der Waals surface area contributed by atoms with Crippen molar-refractivity contribution in [3.8, 4) is 11.5 Å². The zero-order valence-corrected chi connectivity index (χ0v) is 20.3. The third-order valence-electron chi connectivity index (χ3n) is 6.23. The van der Waals surface area contributed by atoms with E-state index in [1.807, 2.05) is 0 Å². The maximum atomic E-state index is 14.7. The van der Waals surface area contributed by atoms with Gasteiger partial charge in [-0.15, -0.1) is 0 Å². The van der Waals surface area contributed by atoms with E-state index in [0.29, 0.717) is 17.1 Å². The van der Waals surface area contributed by atoms with Gasteiger partial charge in [-0.2, -0.15) is 13.2 Å². The van der Waals surface area contributed by atoms with E-state index in [0.717, 1.165) is 43.9 Å². The number of hydrogen-bond donors (Lipinski definition) is 2. The number of pyridine rings is 1.